The normalized spacial score (nSPS) is 34.2. The summed E-state index contributed by atoms with van der Waals surface area (Å²) in [5, 5.41) is 0. The van der Waals surface area contributed by atoms with Crippen molar-refractivity contribution in [3.05, 3.63) is 23.7 Å². The van der Waals surface area contributed by atoms with Gasteiger partial charge in [-0.3, -0.25) is 4.79 Å². The van der Waals surface area contributed by atoms with Crippen LogP contribution in [0.25, 0.3) is 0 Å². The molecule has 2 nitrogen and oxygen atoms in total. The Bertz CT molecular complexity index is 299. The third-order valence-corrected chi connectivity index (χ3v) is 2.73. The highest BCUT2D eigenvalue weighted by atomic mass is 16.5. The standard InChI is InChI=1S/C10H12O2/c1-5-4-8-6(2)12-7(3)9(5)10(8)11/h5,9H,3-4H2,1-2H3. The first kappa shape index (κ1) is 7.59. The van der Waals surface area contributed by atoms with E-state index in [9.17, 15) is 4.79 Å². The molecule has 0 aromatic carbocycles. The molecule has 0 radical (unpaired) electrons. The van der Waals surface area contributed by atoms with E-state index in [2.05, 4.69) is 13.5 Å². The molecule has 2 heteroatoms. The Labute approximate surface area is 71.9 Å². The van der Waals surface area contributed by atoms with Gasteiger partial charge in [-0.15, -0.1) is 0 Å². The molecule has 2 atom stereocenters. The third kappa shape index (κ3) is 0.779. The zero-order valence-corrected chi connectivity index (χ0v) is 7.39. The molecule has 0 aromatic rings. The SMILES string of the molecule is C=C1OC(C)=C2CC(C)C1C2=O. The van der Waals surface area contributed by atoms with Gasteiger partial charge in [0.05, 0.1) is 5.92 Å². The highest BCUT2D eigenvalue weighted by Gasteiger charge is 2.43. The Morgan fingerprint density at radius 2 is 2.25 bits per heavy atom. The molecule has 0 aromatic heterocycles. The van der Waals surface area contributed by atoms with E-state index >= 15 is 0 Å². The zero-order chi connectivity index (χ0) is 8.88. The average Bonchev–Trinajstić information content (AvgIpc) is 2.19. The first-order valence-corrected chi connectivity index (χ1v) is 4.22. The smallest absolute Gasteiger partial charge is 0.173 e. The molecular formula is C10H12O2. The summed E-state index contributed by atoms with van der Waals surface area (Å²) in [6.07, 6.45) is 0.856. The van der Waals surface area contributed by atoms with Crippen LogP contribution < -0.4 is 0 Å². The van der Waals surface area contributed by atoms with Gasteiger partial charge < -0.3 is 4.74 Å². The molecule has 2 unspecified atom stereocenters. The van der Waals surface area contributed by atoms with Gasteiger partial charge in [0.1, 0.15) is 11.5 Å². The lowest BCUT2D eigenvalue weighted by Gasteiger charge is -2.20. The van der Waals surface area contributed by atoms with Gasteiger partial charge in [-0.25, -0.2) is 0 Å². The molecule has 1 aliphatic carbocycles. The molecule has 0 spiro atoms. The summed E-state index contributed by atoms with van der Waals surface area (Å²) >= 11 is 0. The monoisotopic (exact) mass is 164 g/mol. The molecule has 1 saturated carbocycles. The summed E-state index contributed by atoms with van der Waals surface area (Å²) < 4.78 is 5.38. The maximum absolute atomic E-state index is 11.6. The highest BCUT2D eigenvalue weighted by molar-refractivity contribution is 6.02. The van der Waals surface area contributed by atoms with E-state index in [0.717, 1.165) is 17.8 Å². The quantitative estimate of drug-likeness (QED) is 0.547. The molecule has 1 fully saturated rings. The average molecular weight is 164 g/mol. The fourth-order valence-corrected chi connectivity index (χ4v) is 2.09. The number of allylic oxidation sites excluding steroid dienone is 3. The number of Topliss-reactive ketones (excluding diaryl/α,β-unsaturated/α-hetero) is 1. The molecular weight excluding hydrogens is 152 g/mol. The Kier molecular flexibility index (Phi) is 1.40. The maximum Gasteiger partial charge on any atom is 0.173 e. The van der Waals surface area contributed by atoms with E-state index in [1.165, 1.54) is 0 Å². The largest absolute Gasteiger partial charge is 0.466 e. The molecule has 1 aliphatic heterocycles. The summed E-state index contributed by atoms with van der Waals surface area (Å²) in [5.74, 6) is 1.93. The predicted octanol–water partition coefficient (Wildman–Crippen LogP) is 2.03. The van der Waals surface area contributed by atoms with Gasteiger partial charge in [0.25, 0.3) is 0 Å². The van der Waals surface area contributed by atoms with Crippen LogP contribution >= 0.6 is 0 Å². The van der Waals surface area contributed by atoms with Crippen molar-refractivity contribution in [3.8, 4) is 0 Å². The van der Waals surface area contributed by atoms with E-state index in [1.54, 1.807) is 0 Å². The molecule has 64 valence electrons. The van der Waals surface area contributed by atoms with Crippen molar-refractivity contribution in [2.45, 2.75) is 20.3 Å². The molecule has 0 saturated heterocycles. The van der Waals surface area contributed by atoms with Gasteiger partial charge in [-0.2, -0.15) is 0 Å². The summed E-state index contributed by atoms with van der Waals surface area (Å²) in [6.45, 7) is 7.68. The minimum Gasteiger partial charge on any atom is -0.466 e. The Morgan fingerprint density at radius 3 is 2.92 bits per heavy atom. The van der Waals surface area contributed by atoms with Crippen molar-refractivity contribution >= 4 is 5.78 Å². The number of fused-ring (bicyclic) bond motifs is 2. The summed E-state index contributed by atoms with van der Waals surface area (Å²) in [7, 11) is 0. The van der Waals surface area contributed by atoms with Crippen molar-refractivity contribution in [2.75, 3.05) is 0 Å². The van der Waals surface area contributed by atoms with E-state index in [0.29, 0.717) is 11.7 Å². The van der Waals surface area contributed by atoms with Gasteiger partial charge >= 0.3 is 0 Å². The van der Waals surface area contributed by atoms with Crippen molar-refractivity contribution in [2.24, 2.45) is 11.8 Å². The number of carbonyl (C=O) groups is 1. The number of hydrogen-bond acceptors (Lipinski definition) is 2. The Hall–Kier alpha value is -1.05. The van der Waals surface area contributed by atoms with Crippen LogP contribution in [0.4, 0.5) is 0 Å². The topological polar surface area (TPSA) is 26.3 Å². The fraction of sp³-hybridized carbons (Fsp3) is 0.500. The number of rotatable bonds is 0. The van der Waals surface area contributed by atoms with E-state index in [4.69, 9.17) is 4.74 Å². The van der Waals surface area contributed by atoms with Gasteiger partial charge in [0.15, 0.2) is 5.78 Å². The van der Waals surface area contributed by atoms with Crippen LogP contribution in [-0.4, -0.2) is 5.78 Å². The predicted molar refractivity (Wildman–Crippen MR) is 45.2 cm³/mol. The summed E-state index contributed by atoms with van der Waals surface area (Å²) in [4.78, 5) is 11.6. The third-order valence-electron chi connectivity index (χ3n) is 2.73. The lowest BCUT2D eigenvalue weighted by molar-refractivity contribution is -0.119. The highest BCUT2D eigenvalue weighted by Crippen LogP contribution is 2.43. The number of ketones is 1. The van der Waals surface area contributed by atoms with Crippen LogP contribution in [0.3, 0.4) is 0 Å². The van der Waals surface area contributed by atoms with Gasteiger partial charge in [0, 0.05) is 5.57 Å². The molecule has 0 N–H and O–H groups in total. The van der Waals surface area contributed by atoms with E-state index < -0.39 is 0 Å². The Balaban J connectivity index is 2.52. The van der Waals surface area contributed by atoms with Crippen molar-refractivity contribution in [3.63, 3.8) is 0 Å². The van der Waals surface area contributed by atoms with Crippen LogP contribution in [-0.2, 0) is 9.53 Å². The number of carbonyl (C=O) groups excluding carboxylic acids is 1. The van der Waals surface area contributed by atoms with Gasteiger partial charge in [-0.1, -0.05) is 13.5 Å². The van der Waals surface area contributed by atoms with E-state index in [-0.39, 0.29) is 11.7 Å². The fourth-order valence-electron chi connectivity index (χ4n) is 2.09. The zero-order valence-electron chi connectivity index (χ0n) is 7.39. The number of hydrogen-bond donors (Lipinski definition) is 0. The minimum atomic E-state index is -0.0660. The van der Waals surface area contributed by atoms with Crippen LogP contribution in [0, 0.1) is 11.8 Å². The summed E-state index contributed by atoms with van der Waals surface area (Å²) in [6, 6.07) is 0. The van der Waals surface area contributed by atoms with Crippen LogP contribution in [0.2, 0.25) is 0 Å². The van der Waals surface area contributed by atoms with Crippen molar-refractivity contribution < 1.29 is 9.53 Å². The van der Waals surface area contributed by atoms with Gasteiger partial charge in [-0.05, 0) is 19.3 Å². The van der Waals surface area contributed by atoms with Crippen molar-refractivity contribution in [1.82, 2.24) is 0 Å². The minimum absolute atomic E-state index is 0.0660. The van der Waals surface area contributed by atoms with Gasteiger partial charge in [0.2, 0.25) is 0 Å². The number of ether oxygens (including phenoxy) is 1. The molecule has 2 rings (SSSR count). The second-order valence-corrected chi connectivity index (χ2v) is 3.63. The van der Waals surface area contributed by atoms with E-state index in [1.807, 2.05) is 6.92 Å². The lowest BCUT2D eigenvalue weighted by Crippen LogP contribution is -2.20. The van der Waals surface area contributed by atoms with Crippen molar-refractivity contribution in [1.29, 1.82) is 0 Å². The molecule has 1 heterocycles. The maximum atomic E-state index is 11.6. The van der Waals surface area contributed by atoms with Crippen LogP contribution in [0.5, 0.6) is 0 Å². The van der Waals surface area contributed by atoms with Crippen LogP contribution in [0.1, 0.15) is 20.3 Å². The second kappa shape index (κ2) is 2.22. The first-order valence-electron chi connectivity index (χ1n) is 4.22. The first-order chi connectivity index (χ1) is 5.61. The lowest BCUT2D eigenvalue weighted by atomic mass is 9.95. The van der Waals surface area contributed by atoms with Crippen LogP contribution in [0.15, 0.2) is 23.7 Å². The molecule has 0 amide bonds. The second-order valence-electron chi connectivity index (χ2n) is 3.63. The molecule has 2 aliphatic rings. The molecule has 12 heavy (non-hydrogen) atoms. The molecule has 2 bridgehead atoms. The Morgan fingerprint density at radius 1 is 1.58 bits per heavy atom. The summed E-state index contributed by atoms with van der Waals surface area (Å²) in [5.41, 5.74) is 0.875.